The lowest BCUT2D eigenvalue weighted by Crippen LogP contribution is -2.05. The first-order chi connectivity index (χ1) is 24.8. The molecule has 0 unspecified atom stereocenters. The molecule has 0 amide bonds. The van der Waals surface area contributed by atoms with Crippen LogP contribution in [0.25, 0.3) is 71.1 Å². The highest BCUT2D eigenvalue weighted by molar-refractivity contribution is 6.24. The van der Waals surface area contributed by atoms with Crippen molar-refractivity contribution >= 4 is 71.5 Å². The molecule has 1 aromatic heterocycles. The van der Waals surface area contributed by atoms with Crippen LogP contribution >= 0.6 is 0 Å². The Morgan fingerprint density at radius 3 is 2.02 bits per heavy atom. The van der Waals surface area contributed by atoms with E-state index in [1.165, 1.54) is 32.3 Å². The van der Waals surface area contributed by atoms with Crippen LogP contribution in [0.4, 0.5) is 0 Å². The van der Waals surface area contributed by atoms with Gasteiger partial charge in [0.25, 0.3) is 0 Å². The third-order valence-corrected chi connectivity index (χ3v) is 9.93. The monoisotopic (exact) mass is 638 g/mol. The molecule has 234 valence electrons. The van der Waals surface area contributed by atoms with E-state index < -0.39 is 0 Å². The van der Waals surface area contributed by atoms with Crippen molar-refractivity contribution in [1.82, 2.24) is 0 Å². The lowest BCUT2D eigenvalue weighted by molar-refractivity contribution is 0.670. The van der Waals surface area contributed by atoms with E-state index in [0.29, 0.717) is 12.3 Å². The Morgan fingerprint density at radius 1 is 0.440 bits per heavy atom. The summed E-state index contributed by atoms with van der Waals surface area (Å²) < 4.78 is 6.72. The topological polar surface area (TPSA) is 37.9 Å². The van der Waals surface area contributed by atoms with E-state index in [1.807, 2.05) is 6.07 Å². The molecule has 10 rings (SSSR count). The highest BCUT2D eigenvalue weighted by Gasteiger charge is 2.21. The summed E-state index contributed by atoms with van der Waals surface area (Å²) in [6, 6.07) is 57.7. The van der Waals surface area contributed by atoms with Gasteiger partial charge in [-0.05, 0) is 61.6 Å². The van der Waals surface area contributed by atoms with Gasteiger partial charge >= 0.3 is 0 Å². The number of allylic oxidation sites excluding steroid dienone is 1. The average Bonchev–Trinajstić information content (AvgIpc) is 3.43. The molecule has 1 aliphatic rings. The van der Waals surface area contributed by atoms with Gasteiger partial charge in [0.15, 0.2) is 5.84 Å². The van der Waals surface area contributed by atoms with Crippen molar-refractivity contribution < 1.29 is 4.42 Å². The molecule has 0 N–H and O–H groups in total. The Balaban J connectivity index is 1.21. The highest BCUT2D eigenvalue weighted by atomic mass is 16.3. The lowest BCUT2D eigenvalue weighted by Gasteiger charge is -2.12. The number of fused-ring (bicyclic) bond motifs is 7. The summed E-state index contributed by atoms with van der Waals surface area (Å²) in [5, 5.41) is 9.31. The summed E-state index contributed by atoms with van der Waals surface area (Å²) in [6.07, 6.45) is 2.89. The quantitative estimate of drug-likeness (QED) is 0.177. The second-order valence-electron chi connectivity index (χ2n) is 12.9. The first-order valence-electron chi connectivity index (χ1n) is 17.0. The van der Waals surface area contributed by atoms with E-state index in [9.17, 15) is 0 Å². The number of hydrogen-bond donors (Lipinski definition) is 0. The van der Waals surface area contributed by atoms with Crippen LogP contribution in [0.2, 0.25) is 0 Å². The van der Waals surface area contributed by atoms with Crippen molar-refractivity contribution in [1.29, 1.82) is 0 Å². The smallest absolute Gasteiger partial charge is 0.160 e. The molecular formula is C47H30N2O. The second kappa shape index (κ2) is 11.5. The molecule has 1 aliphatic heterocycles. The summed E-state index contributed by atoms with van der Waals surface area (Å²) in [5.41, 5.74) is 8.90. The van der Waals surface area contributed by atoms with Gasteiger partial charge in [-0.15, -0.1) is 0 Å². The maximum atomic E-state index is 6.72. The third kappa shape index (κ3) is 4.67. The Bertz CT molecular complexity index is 2890. The van der Waals surface area contributed by atoms with Gasteiger partial charge in [-0.3, -0.25) is 0 Å². The number of aliphatic imine (C=N–C) groups is 2. The zero-order chi connectivity index (χ0) is 33.0. The van der Waals surface area contributed by atoms with Crippen molar-refractivity contribution in [2.75, 3.05) is 0 Å². The fourth-order valence-corrected chi connectivity index (χ4v) is 7.54. The molecule has 0 bridgehead atoms. The molecule has 8 aromatic carbocycles. The molecular weight excluding hydrogens is 609 g/mol. The minimum Gasteiger partial charge on any atom is -0.455 e. The van der Waals surface area contributed by atoms with E-state index in [4.69, 9.17) is 14.4 Å². The van der Waals surface area contributed by atoms with E-state index in [-0.39, 0.29) is 0 Å². The number of furan rings is 1. The van der Waals surface area contributed by atoms with Gasteiger partial charge in [-0.1, -0.05) is 152 Å². The maximum Gasteiger partial charge on any atom is 0.160 e. The molecule has 0 saturated carbocycles. The van der Waals surface area contributed by atoms with E-state index in [2.05, 4.69) is 164 Å². The van der Waals surface area contributed by atoms with Gasteiger partial charge in [0.05, 0.1) is 11.4 Å². The van der Waals surface area contributed by atoms with Gasteiger partial charge in [-0.2, -0.15) is 0 Å². The standard InChI is InChI=1S/C47H30N2O/c1-2-13-31(14-3-1)42-26-27-43(41-29-33-16-6-7-17-35(33)37-18-8-9-19-38(37)41)49-47(48-42)40-22-11-23-44-45(40)39-21-10-20-36(46(39)50-44)34-25-24-30-12-4-5-15-32(30)28-34/h1-25,27-29H,26H2. The SMILES string of the molecule is C1=C(c2cc3ccccc3c3ccccc23)N=C(c2cccc3oc4c(-c5ccc6ccccc6c5)cccc4c23)N=C(c2ccccc2)C1. The minimum atomic E-state index is 0.654. The molecule has 0 atom stereocenters. The van der Waals surface area contributed by atoms with Gasteiger partial charge in [0.2, 0.25) is 0 Å². The zero-order valence-corrected chi connectivity index (χ0v) is 27.2. The average molecular weight is 639 g/mol. The Hall–Kier alpha value is -6.58. The van der Waals surface area contributed by atoms with Crippen molar-refractivity contribution in [3.05, 3.63) is 187 Å². The largest absolute Gasteiger partial charge is 0.455 e. The normalized spacial score (nSPS) is 13.5. The fraction of sp³-hybridized carbons (Fsp3) is 0.0213. The molecule has 0 spiro atoms. The third-order valence-electron chi connectivity index (χ3n) is 9.93. The predicted molar refractivity (Wildman–Crippen MR) is 210 cm³/mol. The van der Waals surface area contributed by atoms with E-state index in [1.54, 1.807) is 0 Å². The molecule has 3 nitrogen and oxygen atoms in total. The number of nitrogens with zero attached hydrogens (tertiary/aromatic N) is 2. The van der Waals surface area contributed by atoms with Gasteiger partial charge in [0.1, 0.15) is 11.2 Å². The minimum absolute atomic E-state index is 0.654. The lowest BCUT2D eigenvalue weighted by atomic mass is 9.95. The van der Waals surface area contributed by atoms with Crippen LogP contribution in [0, 0.1) is 0 Å². The molecule has 50 heavy (non-hydrogen) atoms. The van der Waals surface area contributed by atoms with Gasteiger partial charge in [-0.25, -0.2) is 9.98 Å². The first-order valence-corrected chi connectivity index (χ1v) is 17.0. The fourth-order valence-electron chi connectivity index (χ4n) is 7.54. The van der Waals surface area contributed by atoms with Gasteiger partial charge < -0.3 is 4.42 Å². The molecule has 2 heterocycles. The second-order valence-corrected chi connectivity index (χ2v) is 12.9. The summed E-state index contributed by atoms with van der Waals surface area (Å²) in [5.74, 6) is 0.675. The molecule has 0 aliphatic carbocycles. The van der Waals surface area contributed by atoms with Crippen LogP contribution in [-0.2, 0) is 0 Å². The van der Waals surface area contributed by atoms with Crippen molar-refractivity contribution in [3.8, 4) is 11.1 Å². The maximum absolute atomic E-state index is 6.72. The van der Waals surface area contributed by atoms with Crippen molar-refractivity contribution in [3.63, 3.8) is 0 Å². The number of rotatable bonds is 4. The van der Waals surface area contributed by atoms with E-state index >= 15 is 0 Å². The predicted octanol–water partition coefficient (Wildman–Crippen LogP) is 12.4. The van der Waals surface area contributed by atoms with Crippen LogP contribution in [0.3, 0.4) is 0 Å². The van der Waals surface area contributed by atoms with Crippen LogP contribution in [0.5, 0.6) is 0 Å². The molecule has 3 heteroatoms. The molecule has 0 fully saturated rings. The van der Waals surface area contributed by atoms with Crippen molar-refractivity contribution in [2.24, 2.45) is 9.98 Å². The summed E-state index contributed by atoms with van der Waals surface area (Å²) in [4.78, 5) is 10.8. The number of benzene rings is 8. The van der Waals surface area contributed by atoms with Gasteiger partial charge in [0, 0.05) is 33.9 Å². The molecule has 0 radical (unpaired) electrons. The Kier molecular flexibility index (Phi) is 6.56. The highest BCUT2D eigenvalue weighted by Crippen LogP contribution is 2.40. The molecule has 9 aromatic rings. The van der Waals surface area contributed by atoms with E-state index in [0.717, 1.165) is 61.2 Å². The summed E-state index contributed by atoms with van der Waals surface area (Å²) in [7, 11) is 0. The van der Waals surface area contributed by atoms with Crippen molar-refractivity contribution in [2.45, 2.75) is 6.42 Å². The number of para-hydroxylation sites is 1. The van der Waals surface area contributed by atoms with Crippen LogP contribution < -0.4 is 0 Å². The van der Waals surface area contributed by atoms with Crippen LogP contribution in [0.15, 0.2) is 184 Å². The Labute approximate surface area is 289 Å². The summed E-state index contributed by atoms with van der Waals surface area (Å²) >= 11 is 0. The Morgan fingerprint density at radius 2 is 1.14 bits per heavy atom. The van der Waals surface area contributed by atoms with Crippen LogP contribution in [-0.4, -0.2) is 11.5 Å². The first kappa shape index (κ1) is 28.4. The zero-order valence-electron chi connectivity index (χ0n) is 27.2. The summed E-state index contributed by atoms with van der Waals surface area (Å²) in [6.45, 7) is 0. The number of amidine groups is 1. The number of hydrogen-bond acceptors (Lipinski definition) is 3. The van der Waals surface area contributed by atoms with Crippen LogP contribution in [0.1, 0.15) is 23.1 Å². The molecule has 0 saturated heterocycles.